The van der Waals surface area contributed by atoms with Gasteiger partial charge in [-0.3, -0.25) is 0 Å². The van der Waals surface area contributed by atoms with Crippen LogP contribution >= 0.6 is 0 Å². The van der Waals surface area contributed by atoms with E-state index in [1.807, 2.05) is 48.8 Å². The summed E-state index contributed by atoms with van der Waals surface area (Å²) in [5, 5.41) is 10.0. The number of fused-ring (bicyclic) bond motifs is 1. The zero-order valence-electron chi connectivity index (χ0n) is 9.72. The first-order valence-corrected chi connectivity index (χ1v) is 5.77. The molecular formula is C15H11N3. The maximum Gasteiger partial charge on any atom is 0.137 e. The summed E-state index contributed by atoms with van der Waals surface area (Å²) >= 11 is 0. The zero-order valence-corrected chi connectivity index (χ0v) is 9.72. The Morgan fingerprint density at radius 3 is 2.78 bits per heavy atom. The van der Waals surface area contributed by atoms with Crippen molar-refractivity contribution in [2.24, 2.45) is 0 Å². The number of benzene rings is 1. The van der Waals surface area contributed by atoms with Gasteiger partial charge in [-0.2, -0.15) is 5.26 Å². The highest BCUT2D eigenvalue weighted by Gasteiger charge is 2.10. The summed E-state index contributed by atoms with van der Waals surface area (Å²) in [5.74, 6) is 0. The van der Waals surface area contributed by atoms with Gasteiger partial charge in [0.15, 0.2) is 0 Å². The minimum absolute atomic E-state index is 0.390. The molecule has 2 heterocycles. The molecule has 0 spiro atoms. The standard InChI is InChI=1S/C15H11N3/c16-8-6-12-13-7-9-17-15(13)18-10-14(12)11-4-2-1-3-5-11/h1-5,7,9-10H,6H2,(H,17,18). The molecule has 86 valence electrons. The lowest BCUT2D eigenvalue weighted by atomic mass is 9.98. The molecule has 0 bridgehead atoms. The van der Waals surface area contributed by atoms with Crippen molar-refractivity contribution in [2.45, 2.75) is 6.42 Å². The van der Waals surface area contributed by atoms with Crippen LogP contribution in [0.1, 0.15) is 5.56 Å². The van der Waals surface area contributed by atoms with Gasteiger partial charge < -0.3 is 4.98 Å². The number of hydrogen-bond acceptors (Lipinski definition) is 2. The fraction of sp³-hybridized carbons (Fsp3) is 0.0667. The molecule has 0 amide bonds. The molecule has 3 nitrogen and oxygen atoms in total. The number of nitriles is 1. The van der Waals surface area contributed by atoms with Gasteiger partial charge in [0, 0.05) is 23.3 Å². The lowest BCUT2D eigenvalue weighted by molar-refractivity contribution is 1.25. The van der Waals surface area contributed by atoms with Crippen LogP contribution in [-0.4, -0.2) is 9.97 Å². The second kappa shape index (κ2) is 4.34. The normalized spacial score (nSPS) is 10.4. The topological polar surface area (TPSA) is 52.5 Å². The van der Waals surface area contributed by atoms with Crippen molar-refractivity contribution in [2.75, 3.05) is 0 Å². The first kappa shape index (κ1) is 10.5. The van der Waals surface area contributed by atoms with Crippen LogP contribution in [0.3, 0.4) is 0 Å². The van der Waals surface area contributed by atoms with E-state index in [0.29, 0.717) is 6.42 Å². The highest BCUT2D eigenvalue weighted by Crippen LogP contribution is 2.28. The largest absolute Gasteiger partial charge is 0.346 e. The van der Waals surface area contributed by atoms with Crippen LogP contribution in [-0.2, 0) is 6.42 Å². The molecular weight excluding hydrogens is 222 g/mol. The van der Waals surface area contributed by atoms with Gasteiger partial charge >= 0.3 is 0 Å². The Morgan fingerprint density at radius 2 is 2.00 bits per heavy atom. The zero-order chi connectivity index (χ0) is 12.4. The minimum Gasteiger partial charge on any atom is -0.346 e. The highest BCUT2D eigenvalue weighted by atomic mass is 14.8. The maximum atomic E-state index is 9.01. The lowest BCUT2D eigenvalue weighted by Crippen LogP contribution is -1.92. The summed E-state index contributed by atoms with van der Waals surface area (Å²) < 4.78 is 0. The molecule has 3 heteroatoms. The summed E-state index contributed by atoms with van der Waals surface area (Å²) in [7, 11) is 0. The molecule has 0 fully saturated rings. The molecule has 2 aromatic heterocycles. The molecule has 0 aliphatic heterocycles. The molecule has 0 saturated carbocycles. The summed E-state index contributed by atoms with van der Waals surface area (Å²) in [4.78, 5) is 7.47. The van der Waals surface area contributed by atoms with E-state index >= 15 is 0 Å². The number of nitrogens with one attached hydrogen (secondary N) is 1. The summed E-state index contributed by atoms with van der Waals surface area (Å²) in [5.41, 5.74) is 4.00. The van der Waals surface area contributed by atoms with Crippen LogP contribution in [0.2, 0.25) is 0 Å². The minimum atomic E-state index is 0.390. The molecule has 1 N–H and O–H groups in total. The fourth-order valence-electron chi connectivity index (χ4n) is 2.20. The smallest absolute Gasteiger partial charge is 0.137 e. The third-order valence-corrected chi connectivity index (χ3v) is 3.04. The van der Waals surface area contributed by atoms with Gasteiger partial charge in [0.2, 0.25) is 0 Å². The van der Waals surface area contributed by atoms with Crippen LogP contribution < -0.4 is 0 Å². The third-order valence-electron chi connectivity index (χ3n) is 3.04. The quantitative estimate of drug-likeness (QED) is 0.738. The van der Waals surface area contributed by atoms with Gasteiger partial charge in [-0.1, -0.05) is 30.3 Å². The number of nitrogens with zero attached hydrogens (tertiary/aromatic N) is 2. The summed E-state index contributed by atoms with van der Waals surface area (Å²) in [6, 6.07) is 14.3. The molecule has 18 heavy (non-hydrogen) atoms. The van der Waals surface area contributed by atoms with Gasteiger partial charge in [0.25, 0.3) is 0 Å². The first-order valence-electron chi connectivity index (χ1n) is 5.77. The Balaban J connectivity index is 2.29. The van der Waals surface area contributed by atoms with Gasteiger partial charge in [-0.15, -0.1) is 0 Å². The Hall–Kier alpha value is -2.60. The number of hydrogen-bond donors (Lipinski definition) is 1. The second-order valence-electron chi connectivity index (χ2n) is 4.09. The fourth-order valence-corrected chi connectivity index (χ4v) is 2.20. The Kier molecular flexibility index (Phi) is 2.54. The van der Waals surface area contributed by atoms with E-state index < -0.39 is 0 Å². The van der Waals surface area contributed by atoms with Gasteiger partial charge in [-0.25, -0.2) is 4.98 Å². The van der Waals surface area contributed by atoms with Crippen LogP contribution in [0.4, 0.5) is 0 Å². The van der Waals surface area contributed by atoms with E-state index in [1.54, 1.807) is 0 Å². The van der Waals surface area contributed by atoms with E-state index in [2.05, 4.69) is 16.0 Å². The number of pyridine rings is 1. The van der Waals surface area contributed by atoms with Crippen molar-refractivity contribution < 1.29 is 0 Å². The van der Waals surface area contributed by atoms with Crippen LogP contribution in [0.5, 0.6) is 0 Å². The number of aromatic nitrogens is 2. The van der Waals surface area contributed by atoms with Crippen molar-refractivity contribution in [3.8, 4) is 17.2 Å². The molecule has 0 radical (unpaired) electrons. The monoisotopic (exact) mass is 233 g/mol. The van der Waals surface area contributed by atoms with E-state index in [9.17, 15) is 0 Å². The van der Waals surface area contributed by atoms with Crippen molar-refractivity contribution in [3.05, 3.63) is 54.4 Å². The van der Waals surface area contributed by atoms with E-state index in [-0.39, 0.29) is 0 Å². The highest BCUT2D eigenvalue weighted by molar-refractivity contribution is 5.87. The number of rotatable bonds is 2. The molecule has 0 aliphatic rings. The SMILES string of the molecule is N#CCc1c(-c2ccccc2)cnc2[nH]ccc12. The molecule has 3 rings (SSSR count). The molecule has 3 aromatic rings. The Labute approximate surface area is 105 Å². The van der Waals surface area contributed by atoms with Crippen molar-refractivity contribution in [3.63, 3.8) is 0 Å². The molecule has 0 aliphatic carbocycles. The van der Waals surface area contributed by atoms with Gasteiger partial charge in [0.05, 0.1) is 12.5 Å². The summed E-state index contributed by atoms with van der Waals surface area (Å²) in [6.45, 7) is 0. The predicted octanol–water partition coefficient (Wildman–Crippen LogP) is 3.30. The molecule has 0 unspecified atom stereocenters. The van der Waals surface area contributed by atoms with Gasteiger partial charge in [-0.05, 0) is 17.2 Å². The molecule has 0 atom stereocenters. The molecule has 0 saturated heterocycles. The molecule has 1 aromatic carbocycles. The van der Waals surface area contributed by atoms with E-state index in [0.717, 1.165) is 27.7 Å². The average molecular weight is 233 g/mol. The van der Waals surface area contributed by atoms with E-state index in [4.69, 9.17) is 5.26 Å². The number of H-pyrrole nitrogens is 1. The first-order chi connectivity index (χ1) is 8.90. The van der Waals surface area contributed by atoms with Crippen molar-refractivity contribution in [1.29, 1.82) is 5.26 Å². The Bertz CT molecular complexity index is 720. The Morgan fingerprint density at radius 1 is 1.17 bits per heavy atom. The average Bonchev–Trinajstić information content (AvgIpc) is 2.89. The predicted molar refractivity (Wildman–Crippen MR) is 70.8 cm³/mol. The van der Waals surface area contributed by atoms with Crippen molar-refractivity contribution >= 4 is 11.0 Å². The summed E-state index contributed by atoms with van der Waals surface area (Å²) in [6.07, 6.45) is 4.08. The van der Waals surface area contributed by atoms with Crippen LogP contribution in [0.15, 0.2) is 48.8 Å². The number of aromatic amines is 1. The van der Waals surface area contributed by atoms with Crippen LogP contribution in [0, 0.1) is 11.3 Å². The van der Waals surface area contributed by atoms with Crippen LogP contribution in [0.25, 0.3) is 22.2 Å². The van der Waals surface area contributed by atoms with Gasteiger partial charge in [0.1, 0.15) is 5.65 Å². The lowest BCUT2D eigenvalue weighted by Gasteiger charge is -2.07. The third kappa shape index (κ3) is 1.64. The van der Waals surface area contributed by atoms with Crippen molar-refractivity contribution in [1.82, 2.24) is 9.97 Å². The second-order valence-corrected chi connectivity index (χ2v) is 4.09. The van der Waals surface area contributed by atoms with E-state index in [1.165, 1.54) is 0 Å². The maximum absolute atomic E-state index is 9.01.